The molecule has 0 fully saturated rings. The molecule has 0 saturated carbocycles. The molecule has 0 atom stereocenters. The van der Waals surface area contributed by atoms with E-state index < -0.39 is 24.4 Å². The highest BCUT2D eigenvalue weighted by Gasteiger charge is 2.28. The highest BCUT2D eigenvalue weighted by molar-refractivity contribution is 6.30. The van der Waals surface area contributed by atoms with Crippen LogP contribution in [0.15, 0.2) is 66.9 Å². The predicted octanol–water partition coefficient (Wildman–Crippen LogP) is 4.83. The number of hydrogen-bond acceptors (Lipinski definition) is 5. The lowest BCUT2D eigenvalue weighted by Crippen LogP contribution is -2.35. The Morgan fingerprint density at radius 3 is 2.58 bits per heavy atom. The van der Waals surface area contributed by atoms with Crippen LogP contribution in [0.5, 0.6) is 0 Å². The zero-order chi connectivity index (χ0) is 25.2. The third kappa shape index (κ3) is 4.65. The molecule has 2 aromatic heterocycles. The Morgan fingerprint density at radius 1 is 1.06 bits per heavy atom. The maximum absolute atomic E-state index is 13.2. The number of aryl methyl sites for hydroxylation is 1. The summed E-state index contributed by atoms with van der Waals surface area (Å²) in [4.78, 5) is 42.7. The summed E-state index contributed by atoms with van der Waals surface area (Å²) in [6, 6.07) is 18.2. The van der Waals surface area contributed by atoms with Gasteiger partial charge < -0.3 is 9.30 Å². The van der Waals surface area contributed by atoms with Gasteiger partial charge in [-0.15, -0.1) is 0 Å². The molecule has 8 heteroatoms. The fourth-order valence-electron chi connectivity index (χ4n) is 4.40. The summed E-state index contributed by atoms with van der Waals surface area (Å²) in [5, 5.41) is 3.57. The van der Waals surface area contributed by atoms with Gasteiger partial charge in [0.25, 0.3) is 11.8 Å². The first-order valence-electron chi connectivity index (χ1n) is 11.4. The van der Waals surface area contributed by atoms with Crippen LogP contribution in [0, 0.1) is 0 Å². The van der Waals surface area contributed by atoms with Crippen molar-refractivity contribution in [3.63, 3.8) is 0 Å². The van der Waals surface area contributed by atoms with Crippen LogP contribution in [0.2, 0.25) is 5.02 Å². The fraction of sp³-hybridized carbons (Fsp3) is 0.143. The number of benzene rings is 2. The van der Waals surface area contributed by atoms with Crippen LogP contribution < -0.4 is 5.32 Å². The van der Waals surface area contributed by atoms with E-state index in [1.165, 1.54) is 0 Å². The van der Waals surface area contributed by atoms with Crippen molar-refractivity contribution in [2.75, 3.05) is 6.61 Å². The highest BCUT2D eigenvalue weighted by atomic mass is 35.5. The average molecular weight is 500 g/mol. The Morgan fingerprint density at radius 2 is 1.83 bits per heavy atom. The van der Waals surface area contributed by atoms with Crippen molar-refractivity contribution < 1.29 is 19.1 Å². The molecule has 1 aliphatic rings. The van der Waals surface area contributed by atoms with E-state index in [1.807, 2.05) is 54.6 Å². The van der Waals surface area contributed by atoms with E-state index in [0.717, 1.165) is 22.4 Å². The zero-order valence-corrected chi connectivity index (χ0v) is 20.2. The second-order valence-electron chi connectivity index (χ2n) is 8.51. The van der Waals surface area contributed by atoms with Crippen LogP contribution in [-0.2, 0) is 23.0 Å². The van der Waals surface area contributed by atoms with Gasteiger partial charge in [-0.1, -0.05) is 41.9 Å². The molecule has 36 heavy (non-hydrogen) atoms. The topological polar surface area (TPSA) is 90.3 Å². The third-order valence-electron chi connectivity index (χ3n) is 6.12. The summed E-state index contributed by atoms with van der Waals surface area (Å²) in [7, 11) is 1.70. The van der Waals surface area contributed by atoms with Crippen LogP contribution >= 0.6 is 11.6 Å². The number of halogens is 1. The standard InChI is InChI=1S/C28H22ClN3O4/c1-32-14-4-7-23(32)27(34)31-24(33)16-36-28(35)25-20-5-2-3-6-22(20)30-26-18(10-13-21(25)26)15-17-8-11-19(29)12-9-17/h2-9,11-12,14-15H,10,13,16H2,1H3,(H,31,33,34)/b18-15+. The molecular formula is C28H22ClN3O4. The molecule has 0 aliphatic heterocycles. The molecule has 0 spiro atoms. The Hall–Kier alpha value is -4.23. The van der Waals surface area contributed by atoms with Crippen LogP contribution in [0.4, 0.5) is 0 Å². The SMILES string of the molecule is Cn1cccc1C(=O)NC(=O)COC(=O)c1c2c(nc3ccccc13)/C(=C/c1ccc(Cl)cc1)CC2. The average Bonchev–Trinajstić information content (AvgIpc) is 3.48. The van der Waals surface area contributed by atoms with Gasteiger partial charge in [-0.25, -0.2) is 9.78 Å². The van der Waals surface area contributed by atoms with Crippen LogP contribution in [0.25, 0.3) is 22.6 Å². The highest BCUT2D eigenvalue weighted by Crippen LogP contribution is 2.37. The Kier molecular flexibility index (Phi) is 6.40. The lowest BCUT2D eigenvalue weighted by molar-refractivity contribution is -0.123. The minimum atomic E-state index is -0.701. The van der Waals surface area contributed by atoms with E-state index in [4.69, 9.17) is 21.3 Å². The minimum absolute atomic E-state index is 0.327. The van der Waals surface area contributed by atoms with Crippen molar-refractivity contribution in [1.29, 1.82) is 0 Å². The quantitative estimate of drug-likeness (QED) is 0.397. The molecule has 0 bridgehead atoms. The minimum Gasteiger partial charge on any atom is -0.452 e. The van der Waals surface area contributed by atoms with Gasteiger partial charge in [-0.3, -0.25) is 14.9 Å². The molecule has 7 nitrogen and oxygen atoms in total. The molecule has 0 unspecified atom stereocenters. The van der Waals surface area contributed by atoms with Gasteiger partial charge in [0, 0.05) is 23.7 Å². The largest absolute Gasteiger partial charge is 0.452 e. The second kappa shape index (κ2) is 9.79. The van der Waals surface area contributed by atoms with Crippen LogP contribution in [0.3, 0.4) is 0 Å². The molecule has 1 N–H and O–H groups in total. The molecule has 5 rings (SSSR count). The van der Waals surface area contributed by atoms with E-state index in [1.54, 1.807) is 29.9 Å². The van der Waals surface area contributed by atoms with Gasteiger partial charge in [0.05, 0.1) is 16.8 Å². The van der Waals surface area contributed by atoms with Crippen molar-refractivity contribution in [2.45, 2.75) is 12.8 Å². The van der Waals surface area contributed by atoms with Crippen molar-refractivity contribution in [3.8, 4) is 0 Å². The number of amides is 2. The normalized spacial score (nSPS) is 13.6. The molecule has 4 aromatic rings. The first kappa shape index (κ1) is 23.5. The molecule has 1 aliphatic carbocycles. The number of fused-ring (bicyclic) bond motifs is 2. The Bertz CT molecular complexity index is 1540. The number of aromatic nitrogens is 2. The van der Waals surface area contributed by atoms with Gasteiger partial charge in [0.2, 0.25) is 0 Å². The monoisotopic (exact) mass is 499 g/mol. The number of hydrogen-bond donors (Lipinski definition) is 1. The van der Waals surface area contributed by atoms with Crippen molar-refractivity contribution in [3.05, 3.63) is 100.0 Å². The van der Waals surface area contributed by atoms with E-state index in [2.05, 4.69) is 5.32 Å². The molecule has 0 saturated heterocycles. The second-order valence-corrected chi connectivity index (χ2v) is 8.95. The molecule has 0 radical (unpaired) electrons. The van der Waals surface area contributed by atoms with Crippen molar-refractivity contribution >= 4 is 51.9 Å². The van der Waals surface area contributed by atoms with Gasteiger partial charge in [-0.2, -0.15) is 0 Å². The van der Waals surface area contributed by atoms with Gasteiger partial charge >= 0.3 is 5.97 Å². The van der Waals surface area contributed by atoms with E-state index in [-0.39, 0.29) is 0 Å². The lowest BCUT2D eigenvalue weighted by atomic mass is 10.0. The van der Waals surface area contributed by atoms with Crippen LogP contribution in [-0.4, -0.2) is 33.9 Å². The number of para-hydroxylation sites is 1. The number of ether oxygens (including phenoxy) is 1. The van der Waals surface area contributed by atoms with E-state index in [0.29, 0.717) is 40.0 Å². The lowest BCUT2D eigenvalue weighted by Gasteiger charge is -2.12. The maximum atomic E-state index is 13.2. The smallest absolute Gasteiger partial charge is 0.339 e. The Labute approximate surface area is 212 Å². The number of nitrogens with zero attached hydrogens (tertiary/aromatic N) is 2. The van der Waals surface area contributed by atoms with Gasteiger partial charge in [-0.05, 0) is 65.9 Å². The summed E-state index contributed by atoms with van der Waals surface area (Å²) in [6.07, 6.45) is 5.08. The Balaban J connectivity index is 1.40. The number of carbonyl (C=O) groups is 3. The summed E-state index contributed by atoms with van der Waals surface area (Å²) >= 11 is 6.01. The molecular weight excluding hydrogens is 478 g/mol. The van der Waals surface area contributed by atoms with E-state index >= 15 is 0 Å². The number of rotatable bonds is 5. The number of nitrogens with one attached hydrogen (secondary N) is 1. The van der Waals surface area contributed by atoms with Crippen molar-refractivity contribution in [1.82, 2.24) is 14.9 Å². The number of esters is 1. The first-order chi connectivity index (χ1) is 17.4. The summed E-state index contributed by atoms with van der Waals surface area (Å²) in [5.74, 6) is -1.89. The molecule has 2 heterocycles. The first-order valence-corrected chi connectivity index (χ1v) is 11.8. The number of allylic oxidation sites excluding steroid dienone is 1. The van der Waals surface area contributed by atoms with Gasteiger partial charge in [0.1, 0.15) is 5.69 Å². The van der Waals surface area contributed by atoms with E-state index in [9.17, 15) is 14.4 Å². The summed E-state index contributed by atoms with van der Waals surface area (Å²) < 4.78 is 6.96. The fourth-order valence-corrected chi connectivity index (χ4v) is 4.53. The predicted molar refractivity (Wildman–Crippen MR) is 138 cm³/mol. The maximum Gasteiger partial charge on any atom is 0.339 e. The van der Waals surface area contributed by atoms with Crippen molar-refractivity contribution in [2.24, 2.45) is 7.05 Å². The molecule has 2 amide bonds. The zero-order valence-electron chi connectivity index (χ0n) is 19.5. The molecule has 180 valence electrons. The summed E-state index contributed by atoms with van der Waals surface area (Å²) in [5.41, 5.74) is 4.93. The van der Waals surface area contributed by atoms with Gasteiger partial charge in [0.15, 0.2) is 6.61 Å². The molecule has 2 aromatic carbocycles. The number of carbonyl (C=O) groups excluding carboxylic acids is 3. The third-order valence-corrected chi connectivity index (χ3v) is 6.37. The number of imide groups is 1. The van der Waals surface area contributed by atoms with Crippen LogP contribution in [0.1, 0.15) is 44.1 Å². The summed E-state index contributed by atoms with van der Waals surface area (Å²) in [6.45, 7) is -0.576. The number of pyridine rings is 1.